The molecule has 0 aliphatic heterocycles. The van der Waals surface area contributed by atoms with Crippen molar-refractivity contribution in [2.45, 2.75) is 109 Å². The zero-order valence-electron chi connectivity index (χ0n) is 41.0. The third kappa shape index (κ3) is 9.72. The first-order valence-electron chi connectivity index (χ1n) is 23.6. The molecule has 7 rings (SSSR count). The van der Waals surface area contributed by atoms with Gasteiger partial charge >= 0.3 is 0 Å². The zero-order chi connectivity index (χ0) is 47.6. The van der Waals surface area contributed by atoms with Crippen molar-refractivity contribution < 1.29 is 9.59 Å². The zero-order valence-corrected chi connectivity index (χ0v) is 41.0. The molecule has 0 saturated carbocycles. The lowest BCUT2D eigenvalue weighted by atomic mass is 9.68. The lowest BCUT2D eigenvalue weighted by molar-refractivity contribution is -0.115. The van der Waals surface area contributed by atoms with Gasteiger partial charge in [0.15, 0.2) is 11.6 Å². The Labute approximate surface area is 392 Å². The third-order valence-electron chi connectivity index (χ3n) is 14.4. The number of fused-ring (bicyclic) bond motifs is 2. The first-order valence-corrected chi connectivity index (χ1v) is 23.6. The van der Waals surface area contributed by atoms with E-state index in [1.165, 1.54) is 0 Å². The Morgan fingerprint density at radius 1 is 0.424 bits per heavy atom. The van der Waals surface area contributed by atoms with Crippen LogP contribution in [0.4, 0.5) is 11.4 Å². The number of hydrogen-bond donors (Lipinski definition) is 0. The second-order valence-corrected chi connectivity index (χ2v) is 20.3. The molecule has 0 unspecified atom stereocenters. The molecule has 0 amide bonds. The first-order chi connectivity index (χ1) is 31.3. The van der Waals surface area contributed by atoms with Crippen molar-refractivity contribution in [1.29, 1.82) is 0 Å². The number of ketones is 2. The average Bonchev–Trinajstić information content (AvgIpc) is 3.32. The summed E-state index contributed by atoms with van der Waals surface area (Å²) in [6.45, 7) is 25.5. The van der Waals surface area contributed by atoms with Crippen molar-refractivity contribution in [3.63, 3.8) is 0 Å². The van der Waals surface area contributed by atoms with E-state index in [4.69, 9.17) is 25.4 Å². The summed E-state index contributed by atoms with van der Waals surface area (Å²) in [4.78, 5) is 34.4. The molecule has 7 heteroatoms. The Kier molecular flexibility index (Phi) is 13.5. The molecule has 1 aromatic heterocycles. The van der Waals surface area contributed by atoms with Crippen LogP contribution < -0.4 is 0 Å². The summed E-state index contributed by atoms with van der Waals surface area (Å²) in [5.74, 6) is 0.126. The Balaban J connectivity index is 1.53. The number of pyridine rings is 1. The maximum Gasteiger partial charge on any atom is 0.186 e. The highest BCUT2D eigenvalue weighted by Crippen LogP contribution is 2.46. The molecule has 2 aliphatic rings. The minimum absolute atomic E-state index is 0.0631. The molecule has 0 bridgehead atoms. The van der Waals surface area contributed by atoms with Crippen molar-refractivity contribution in [2.75, 3.05) is 0 Å². The molecule has 4 aromatic carbocycles. The first kappa shape index (κ1) is 47.5. The van der Waals surface area contributed by atoms with E-state index in [1.807, 2.05) is 91.0 Å². The van der Waals surface area contributed by atoms with Gasteiger partial charge in [0, 0.05) is 33.4 Å². The van der Waals surface area contributed by atoms with Crippen molar-refractivity contribution in [3.05, 3.63) is 172 Å². The van der Waals surface area contributed by atoms with Gasteiger partial charge in [-0.15, -0.1) is 10.2 Å². The number of azo groups is 2. The molecule has 0 N–H and O–H groups in total. The van der Waals surface area contributed by atoms with Crippen LogP contribution >= 0.6 is 0 Å². The molecular weight excluding hydrogens is 811 g/mol. The summed E-state index contributed by atoms with van der Waals surface area (Å²) < 4.78 is 0. The van der Waals surface area contributed by atoms with Crippen LogP contribution in [0.25, 0.3) is 32.9 Å². The van der Waals surface area contributed by atoms with E-state index >= 15 is 0 Å². The Hall–Kier alpha value is -6.47. The molecule has 338 valence electrons. The average molecular weight is 876 g/mol. The van der Waals surface area contributed by atoms with E-state index in [-0.39, 0.29) is 11.6 Å². The van der Waals surface area contributed by atoms with Gasteiger partial charge in [-0.1, -0.05) is 150 Å². The fraction of sp³-hybridized carbons (Fsp3) is 0.339. The van der Waals surface area contributed by atoms with Crippen LogP contribution in [0.1, 0.15) is 120 Å². The maximum atomic E-state index is 14.5. The smallest absolute Gasteiger partial charge is 0.186 e. The van der Waals surface area contributed by atoms with Gasteiger partial charge in [0.05, 0.1) is 22.8 Å². The van der Waals surface area contributed by atoms with Crippen LogP contribution in [-0.2, 0) is 9.59 Å². The molecule has 5 aromatic rings. The summed E-state index contributed by atoms with van der Waals surface area (Å²) in [5, 5.41) is 24.2. The third-order valence-corrected chi connectivity index (χ3v) is 14.4. The van der Waals surface area contributed by atoms with Gasteiger partial charge in [-0.25, -0.2) is 4.98 Å². The highest BCUT2D eigenvalue weighted by Gasteiger charge is 2.39. The van der Waals surface area contributed by atoms with Crippen LogP contribution in [-0.4, -0.2) is 16.6 Å². The van der Waals surface area contributed by atoms with Crippen LogP contribution in [0, 0.1) is 21.7 Å². The number of allylic oxidation sites excluding steroid dienone is 10. The molecule has 0 saturated heterocycles. The minimum Gasteiger partial charge on any atom is -0.289 e. The number of carbonyl (C=O) groups is 2. The van der Waals surface area contributed by atoms with Crippen molar-refractivity contribution in [1.82, 2.24) is 4.98 Å². The molecule has 66 heavy (non-hydrogen) atoms. The monoisotopic (exact) mass is 876 g/mol. The van der Waals surface area contributed by atoms with Gasteiger partial charge in [-0.2, -0.15) is 10.2 Å². The molecule has 0 spiro atoms. The predicted molar refractivity (Wildman–Crippen MR) is 274 cm³/mol. The Bertz CT molecular complexity index is 2720. The lowest BCUT2D eigenvalue weighted by Crippen LogP contribution is -2.30. The summed E-state index contributed by atoms with van der Waals surface area (Å²) >= 11 is 0. The second-order valence-electron chi connectivity index (χ2n) is 20.3. The molecule has 7 nitrogen and oxygen atoms in total. The number of rotatable bonds is 14. The van der Waals surface area contributed by atoms with Crippen LogP contribution in [0.15, 0.2) is 181 Å². The SMILES string of the molecule is CCC(C)(C)C1=CC(=C(N=Nc2ccc3ccccc3c2)c2cccc(C(N=Nc3ccc4ccccc4c3)=C3C=C(C(C)(C)CC)C(=O)C(C(C)(C)CC)=C3)n2)C=C(C(C)(C)CC)C1=O. The quantitative estimate of drug-likeness (QED) is 0.104. The van der Waals surface area contributed by atoms with Crippen LogP contribution in [0.3, 0.4) is 0 Å². The second kappa shape index (κ2) is 18.8. The van der Waals surface area contributed by atoms with Gasteiger partial charge in [-0.3, -0.25) is 9.59 Å². The molecule has 0 fully saturated rings. The fourth-order valence-corrected chi connectivity index (χ4v) is 8.21. The molecule has 1 heterocycles. The normalized spacial score (nSPS) is 15.5. The van der Waals surface area contributed by atoms with Gasteiger partial charge < -0.3 is 0 Å². The summed E-state index contributed by atoms with van der Waals surface area (Å²) in [7, 11) is 0. The van der Waals surface area contributed by atoms with E-state index in [9.17, 15) is 9.59 Å². The molecule has 2 aliphatic carbocycles. The van der Waals surface area contributed by atoms with E-state index in [0.717, 1.165) is 80.7 Å². The molecule has 0 radical (unpaired) electrons. The van der Waals surface area contributed by atoms with Gasteiger partial charge in [0.2, 0.25) is 0 Å². The van der Waals surface area contributed by atoms with Crippen LogP contribution in [0.2, 0.25) is 0 Å². The highest BCUT2D eigenvalue weighted by atomic mass is 16.1. The number of nitrogens with zero attached hydrogens (tertiary/aromatic N) is 5. The van der Waals surface area contributed by atoms with Crippen LogP contribution in [0.5, 0.6) is 0 Å². The predicted octanol–water partition coefficient (Wildman–Crippen LogP) is 17.0. The highest BCUT2D eigenvalue weighted by molar-refractivity contribution is 6.13. The van der Waals surface area contributed by atoms with Crippen molar-refractivity contribution in [2.24, 2.45) is 42.1 Å². The Morgan fingerprint density at radius 2 is 0.742 bits per heavy atom. The van der Waals surface area contributed by atoms with Gasteiger partial charge in [0.1, 0.15) is 11.4 Å². The van der Waals surface area contributed by atoms with Crippen molar-refractivity contribution >= 4 is 55.9 Å². The molecular formula is C59H65N5O2. The summed E-state index contributed by atoms with van der Waals surface area (Å²) in [6, 6.07) is 34.3. The molecule has 0 atom stereocenters. The standard InChI is InChI=1S/C59H65N5O2/c1-13-56(5,6)46-34-42(35-47(54(46)65)57(7,8)14-2)52(63-61-44-30-28-38-22-17-19-24-40(38)32-44)50-26-21-27-51(60-50)53(64-62-45-31-29-39-23-18-20-25-41(39)33-45)43-36-48(58(9,10)15-3)55(66)49(37-43)59(11,12)16-4/h17-37H,13-16H2,1-12H3. The van der Waals surface area contributed by atoms with E-state index < -0.39 is 21.7 Å². The minimum atomic E-state index is -0.409. The number of aromatic nitrogens is 1. The van der Waals surface area contributed by atoms with E-state index in [1.54, 1.807) is 0 Å². The van der Waals surface area contributed by atoms with Gasteiger partial charge in [0.25, 0.3) is 0 Å². The van der Waals surface area contributed by atoms with Crippen molar-refractivity contribution in [3.8, 4) is 0 Å². The summed E-state index contributed by atoms with van der Waals surface area (Å²) in [5.41, 5.74) is 6.35. The number of benzene rings is 4. The number of hydrogen-bond acceptors (Lipinski definition) is 7. The Morgan fingerprint density at radius 3 is 1.06 bits per heavy atom. The maximum absolute atomic E-state index is 14.5. The topological polar surface area (TPSA) is 96.5 Å². The summed E-state index contributed by atoms with van der Waals surface area (Å²) in [6.07, 6.45) is 11.1. The van der Waals surface area contributed by atoms with Gasteiger partial charge in [-0.05, 0) is 130 Å². The number of carbonyl (C=O) groups excluding carboxylic acids is 2. The fourth-order valence-electron chi connectivity index (χ4n) is 8.21. The van der Waals surface area contributed by atoms with E-state index in [0.29, 0.717) is 34.2 Å². The van der Waals surface area contributed by atoms with E-state index in [2.05, 4.69) is 119 Å². The largest absolute Gasteiger partial charge is 0.289 e. The number of Topliss-reactive ketones (excluding diaryl/α,β-unsaturated/α-hetero) is 2. The lowest BCUT2D eigenvalue weighted by Gasteiger charge is -2.34.